The van der Waals surface area contributed by atoms with E-state index in [1.165, 1.54) is 7.11 Å². The van der Waals surface area contributed by atoms with E-state index in [-0.39, 0.29) is 18.6 Å². The molecule has 144 valence electrons. The minimum atomic E-state index is -0.447. The molecule has 7 heteroatoms. The fourth-order valence-electron chi connectivity index (χ4n) is 2.82. The van der Waals surface area contributed by atoms with Gasteiger partial charge in [-0.1, -0.05) is 26.2 Å². The van der Waals surface area contributed by atoms with Crippen LogP contribution in [-0.4, -0.2) is 38.2 Å². The van der Waals surface area contributed by atoms with Crippen LogP contribution in [0.1, 0.15) is 55.8 Å². The first-order chi connectivity index (χ1) is 12.6. The third kappa shape index (κ3) is 6.22. The number of nitrogens with one attached hydrogen (secondary N) is 2. The van der Waals surface area contributed by atoms with Gasteiger partial charge in [-0.15, -0.1) is 0 Å². The molecule has 1 saturated carbocycles. The summed E-state index contributed by atoms with van der Waals surface area (Å²) in [5, 5.41) is 2.89. The Morgan fingerprint density at radius 1 is 1.19 bits per heavy atom. The molecule has 1 aliphatic carbocycles. The Labute approximate surface area is 154 Å². The number of hydrogen-bond acceptors (Lipinski definition) is 5. The molecule has 1 fully saturated rings. The highest BCUT2D eigenvalue weighted by Gasteiger charge is 2.17. The summed E-state index contributed by atoms with van der Waals surface area (Å²) in [7, 11) is 1.52. The zero-order valence-electron chi connectivity index (χ0n) is 15.5. The van der Waals surface area contributed by atoms with E-state index in [9.17, 15) is 9.59 Å². The summed E-state index contributed by atoms with van der Waals surface area (Å²) >= 11 is 0. The minimum absolute atomic E-state index is 0.211. The van der Waals surface area contributed by atoms with Crippen LogP contribution in [0.25, 0.3) is 0 Å². The number of hydrogen-bond donors (Lipinski definition) is 2. The highest BCUT2D eigenvalue weighted by molar-refractivity contribution is 5.94. The molecule has 2 amide bonds. The van der Waals surface area contributed by atoms with Crippen molar-refractivity contribution in [2.75, 3.05) is 20.3 Å². The van der Waals surface area contributed by atoms with Gasteiger partial charge < -0.3 is 14.8 Å². The maximum atomic E-state index is 12.1. The lowest BCUT2D eigenvalue weighted by Crippen LogP contribution is -2.37. The predicted octanol–water partition coefficient (Wildman–Crippen LogP) is 2.59. The van der Waals surface area contributed by atoms with Gasteiger partial charge in [0.2, 0.25) is 5.91 Å². The number of rotatable bonds is 10. The maximum absolute atomic E-state index is 12.1. The lowest BCUT2D eigenvalue weighted by Gasteiger charge is -2.13. The van der Waals surface area contributed by atoms with Gasteiger partial charge in [0.05, 0.1) is 13.7 Å². The van der Waals surface area contributed by atoms with Crippen molar-refractivity contribution in [2.45, 2.75) is 51.5 Å². The Morgan fingerprint density at radius 2 is 1.96 bits per heavy atom. The average Bonchev–Trinajstić information content (AvgIpc) is 3.14. The van der Waals surface area contributed by atoms with Crippen molar-refractivity contribution >= 4 is 11.8 Å². The van der Waals surface area contributed by atoms with Gasteiger partial charge in [-0.3, -0.25) is 14.4 Å². The quantitative estimate of drug-likeness (QED) is 0.492. The molecule has 0 saturated heterocycles. The third-order valence-electron chi connectivity index (χ3n) is 4.27. The number of carbonyl (C=O) groups is 2. The van der Waals surface area contributed by atoms with Crippen molar-refractivity contribution in [3.63, 3.8) is 0 Å². The molecular formula is C19H28N2O5. The summed E-state index contributed by atoms with van der Waals surface area (Å²) in [6.07, 6.45) is 6.27. The number of ether oxygens (including phenoxy) is 2. The largest absolute Gasteiger partial charge is 0.493 e. The number of unbranched alkanes of at least 4 members (excludes halogenated alkanes) is 1. The monoisotopic (exact) mass is 364 g/mol. The van der Waals surface area contributed by atoms with Crippen LogP contribution in [0.2, 0.25) is 0 Å². The molecule has 1 aliphatic rings. The second-order valence-electron chi connectivity index (χ2n) is 6.34. The number of benzene rings is 1. The van der Waals surface area contributed by atoms with Crippen LogP contribution in [0, 0.1) is 0 Å². The molecule has 0 radical (unpaired) electrons. The molecule has 2 N–H and O–H groups in total. The van der Waals surface area contributed by atoms with Crippen LogP contribution >= 0.6 is 0 Å². The molecule has 0 aromatic heterocycles. The number of hydroxylamine groups is 1. The third-order valence-corrected chi connectivity index (χ3v) is 4.27. The van der Waals surface area contributed by atoms with Crippen molar-refractivity contribution in [1.82, 2.24) is 10.8 Å². The molecule has 0 aliphatic heterocycles. The standard InChI is InChI=1S/C19H28N2O5/c1-3-4-11-25-16-10-9-14(12-17(16)24-2)19(23)21-26-13-18(22)20-15-7-5-6-8-15/h9-10,12,15H,3-8,11,13H2,1-2H3,(H,20,22)(H,21,23). The smallest absolute Gasteiger partial charge is 0.274 e. The van der Waals surface area contributed by atoms with Crippen molar-refractivity contribution in [3.05, 3.63) is 23.8 Å². The van der Waals surface area contributed by atoms with Crippen molar-refractivity contribution in [3.8, 4) is 11.5 Å². The van der Waals surface area contributed by atoms with Gasteiger partial charge in [-0.2, -0.15) is 0 Å². The van der Waals surface area contributed by atoms with Gasteiger partial charge in [0.25, 0.3) is 5.91 Å². The van der Waals surface area contributed by atoms with E-state index < -0.39 is 5.91 Å². The second-order valence-corrected chi connectivity index (χ2v) is 6.34. The van der Waals surface area contributed by atoms with Crippen LogP contribution in [-0.2, 0) is 9.63 Å². The molecule has 0 atom stereocenters. The number of amides is 2. The fraction of sp³-hybridized carbons (Fsp3) is 0.579. The molecule has 2 rings (SSSR count). The maximum Gasteiger partial charge on any atom is 0.274 e. The summed E-state index contributed by atoms with van der Waals surface area (Å²) in [6.45, 7) is 2.47. The number of methoxy groups -OCH3 is 1. The van der Waals surface area contributed by atoms with E-state index in [2.05, 4.69) is 17.7 Å². The first-order valence-corrected chi connectivity index (χ1v) is 9.16. The van der Waals surface area contributed by atoms with Crippen molar-refractivity contribution in [1.29, 1.82) is 0 Å². The molecule has 0 unspecified atom stereocenters. The zero-order chi connectivity index (χ0) is 18.8. The lowest BCUT2D eigenvalue weighted by molar-refractivity contribution is -0.128. The predicted molar refractivity (Wildman–Crippen MR) is 97.2 cm³/mol. The van der Waals surface area contributed by atoms with E-state index in [0.717, 1.165) is 38.5 Å². The van der Waals surface area contributed by atoms with Gasteiger partial charge in [-0.25, -0.2) is 5.48 Å². The highest BCUT2D eigenvalue weighted by atomic mass is 16.7. The van der Waals surface area contributed by atoms with Gasteiger partial charge >= 0.3 is 0 Å². The van der Waals surface area contributed by atoms with Crippen LogP contribution in [0.4, 0.5) is 0 Å². The van der Waals surface area contributed by atoms with Gasteiger partial charge in [0.15, 0.2) is 18.1 Å². The summed E-state index contributed by atoms with van der Waals surface area (Å²) < 4.78 is 10.9. The second kappa shape index (κ2) is 10.7. The molecule has 1 aromatic rings. The summed E-state index contributed by atoms with van der Waals surface area (Å²) in [6, 6.07) is 5.13. The minimum Gasteiger partial charge on any atom is -0.493 e. The van der Waals surface area contributed by atoms with Gasteiger partial charge in [0.1, 0.15) is 0 Å². The Morgan fingerprint density at radius 3 is 2.65 bits per heavy atom. The SMILES string of the molecule is CCCCOc1ccc(C(=O)NOCC(=O)NC2CCCC2)cc1OC. The first kappa shape index (κ1) is 20.0. The summed E-state index contributed by atoms with van der Waals surface area (Å²) in [4.78, 5) is 28.9. The van der Waals surface area contributed by atoms with Crippen molar-refractivity contribution in [2.24, 2.45) is 0 Å². The topological polar surface area (TPSA) is 85.9 Å². The summed E-state index contributed by atoms with van der Waals surface area (Å²) in [5.74, 6) is 0.397. The normalized spacial score (nSPS) is 14.1. The molecule has 0 spiro atoms. The van der Waals surface area contributed by atoms with E-state index >= 15 is 0 Å². The Hall–Kier alpha value is -2.28. The van der Waals surface area contributed by atoms with Gasteiger partial charge in [0, 0.05) is 11.6 Å². The lowest BCUT2D eigenvalue weighted by atomic mass is 10.2. The van der Waals surface area contributed by atoms with Crippen LogP contribution < -0.4 is 20.3 Å². The first-order valence-electron chi connectivity index (χ1n) is 9.16. The molecular weight excluding hydrogens is 336 g/mol. The van der Waals surface area contributed by atoms with Gasteiger partial charge in [-0.05, 0) is 37.5 Å². The molecule has 1 aromatic carbocycles. The molecule has 7 nitrogen and oxygen atoms in total. The number of carbonyl (C=O) groups excluding carboxylic acids is 2. The Kier molecular flexibility index (Phi) is 8.21. The highest BCUT2D eigenvalue weighted by Crippen LogP contribution is 2.28. The summed E-state index contributed by atoms with van der Waals surface area (Å²) in [5.41, 5.74) is 2.64. The zero-order valence-corrected chi connectivity index (χ0v) is 15.5. The molecule has 26 heavy (non-hydrogen) atoms. The Bertz CT molecular complexity index is 600. The van der Waals surface area contributed by atoms with E-state index in [4.69, 9.17) is 14.3 Å². The average molecular weight is 364 g/mol. The van der Waals surface area contributed by atoms with E-state index in [1.54, 1.807) is 18.2 Å². The van der Waals surface area contributed by atoms with E-state index in [0.29, 0.717) is 23.7 Å². The van der Waals surface area contributed by atoms with Crippen LogP contribution in [0.15, 0.2) is 18.2 Å². The molecule has 0 heterocycles. The van der Waals surface area contributed by atoms with Crippen LogP contribution in [0.3, 0.4) is 0 Å². The Balaban J connectivity index is 1.79. The van der Waals surface area contributed by atoms with Crippen LogP contribution in [0.5, 0.6) is 11.5 Å². The van der Waals surface area contributed by atoms with E-state index in [1.807, 2.05) is 0 Å². The molecule has 0 bridgehead atoms. The fourth-order valence-corrected chi connectivity index (χ4v) is 2.82. The van der Waals surface area contributed by atoms with Crippen molar-refractivity contribution < 1.29 is 23.9 Å².